The number of nitrogens with two attached hydrogens (primary N) is 1. The first-order valence-corrected chi connectivity index (χ1v) is 5.91. The first kappa shape index (κ1) is 13.3. The first-order valence-electron chi connectivity index (χ1n) is 5.91. The highest BCUT2D eigenvalue weighted by Crippen LogP contribution is 2.12. The normalized spacial score (nSPS) is 10.5. The number of hydrogen-bond donors (Lipinski definition) is 2. The Labute approximate surface area is 110 Å². The topological polar surface area (TPSA) is 68.3 Å². The number of aryl methyl sites for hydroxylation is 1. The van der Waals surface area contributed by atoms with E-state index in [2.05, 4.69) is 5.32 Å². The monoisotopic (exact) mass is 262 g/mol. The summed E-state index contributed by atoms with van der Waals surface area (Å²) >= 11 is 0. The van der Waals surface area contributed by atoms with Crippen molar-refractivity contribution in [2.45, 2.75) is 20.0 Å². The van der Waals surface area contributed by atoms with Crippen LogP contribution < -0.4 is 11.1 Å². The molecule has 0 bridgehead atoms. The van der Waals surface area contributed by atoms with Crippen molar-refractivity contribution < 1.29 is 13.6 Å². The number of benzene rings is 1. The number of rotatable bonds is 4. The molecule has 0 aliphatic carbocycles. The minimum Gasteiger partial charge on any atom is -0.459 e. The molecular formula is C14H15FN2O2. The maximum atomic E-state index is 13.7. The number of carbonyl (C=O) groups is 1. The molecule has 100 valence electrons. The minimum absolute atomic E-state index is 0.107. The molecule has 2 aromatic rings. The molecule has 0 aliphatic heterocycles. The van der Waals surface area contributed by atoms with Crippen LogP contribution in [0.2, 0.25) is 0 Å². The molecule has 3 N–H and O–H groups in total. The van der Waals surface area contributed by atoms with Crippen molar-refractivity contribution in [1.29, 1.82) is 0 Å². The standard InChI is InChI=1S/C14H15FN2O2/c1-9-4-5-19-13(9)14(18)17-8-11-3-2-10(7-16)6-12(11)15/h2-6H,7-8,16H2,1H3,(H,17,18). The van der Waals surface area contributed by atoms with Crippen LogP contribution >= 0.6 is 0 Å². The van der Waals surface area contributed by atoms with Crippen LogP contribution in [0.5, 0.6) is 0 Å². The van der Waals surface area contributed by atoms with Gasteiger partial charge in [0.2, 0.25) is 0 Å². The lowest BCUT2D eigenvalue weighted by molar-refractivity contribution is 0.0922. The van der Waals surface area contributed by atoms with Gasteiger partial charge < -0.3 is 15.5 Å². The number of halogens is 1. The van der Waals surface area contributed by atoms with Crippen LogP contribution in [-0.4, -0.2) is 5.91 Å². The molecule has 1 aromatic carbocycles. The summed E-state index contributed by atoms with van der Waals surface area (Å²) in [4.78, 5) is 11.8. The summed E-state index contributed by atoms with van der Waals surface area (Å²) < 4.78 is 18.7. The van der Waals surface area contributed by atoms with Crippen molar-refractivity contribution in [3.05, 3.63) is 58.8 Å². The molecule has 0 aliphatic rings. The molecule has 0 spiro atoms. The van der Waals surface area contributed by atoms with E-state index in [-0.39, 0.29) is 30.6 Å². The van der Waals surface area contributed by atoms with Crippen molar-refractivity contribution >= 4 is 5.91 Å². The van der Waals surface area contributed by atoms with E-state index in [1.165, 1.54) is 12.3 Å². The summed E-state index contributed by atoms with van der Waals surface area (Å²) in [6.07, 6.45) is 1.45. The summed E-state index contributed by atoms with van der Waals surface area (Å²) in [6, 6.07) is 6.43. The fourth-order valence-corrected chi connectivity index (χ4v) is 1.72. The number of hydrogen-bond acceptors (Lipinski definition) is 3. The molecule has 0 fully saturated rings. The lowest BCUT2D eigenvalue weighted by atomic mass is 10.1. The van der Waals surface area contributed by atoms with Gasteiger partial charge in [-0.1, -0.05) is 12.1 Å². The average molecular weight is 262 g/mol. The summed E-state index contributed by atoms with van der Waals surface area (Å²) in [6.45, 7) is 2.17. The molecule has 2 rings (SSSR count). The van der Waals surface area contributed by atoms with Crippen LogP contribution in [0.1, 0.15) is 27.2 Å². The zero-order valence-corrected chi connectivity index (χ0v) is 10.6. The Balaban J connectivity index is 2.03. The smallest absolute Gasteiger partial charge is 0.287 e. The molecule has 1 heterocycles. The molecule has 0 atom stereocenters. The molecule has 0 unspecified atom stereocenters. The Bertz CT molecular complexity index is 593. The second kappa shape index (κ2) is 5.67. The van der Waals surface area contributed by atoms with Crippen molar-refractivity contribution in [3.8, 4) is 0 Å². The van der Waals surface area contributed by atoms with Crippen LogP contribution in [0.4, 0.5) is 4.39 Å². The van der Waals surface area contributed by atoms with Crippen LogP contribution in [0, 0.1) is 12.7 Å². The summed E-state index contributed by atoms with van der Waals surface area (Å²) in [5.41, 5.74) is 7.30. The quantitative estimate of drug-likeness (QED) is 0.886. The number of furan rings is 1. The Kier molecular flexibility index (Phi) is 3.97. The van der Waals surface area contributed by atoms with Gasteiger partial charge in [0.05, 0.1) is 6.26 Å². The SMILES string of the molecule is Cc1ccoc1C(=O)NCc1ccc(CN)cc1F. The zero-order valence-electron chi connectivity index (χ0n) is 10.6. The van der Waals surface area contributed by atoms with Crippen molar-refractivity contribution in [3.63, 3.8) is 0 Å². The summed E-state index contributed by atoms with van der Waals surface area (Å²) in [7, 11) is 0. The van der Waals surface area contributed by atoms with Crippen LogP contribution in [0.25, 0.3) is 0 Å². The fraction of sp³-hybridized carbons (Fsp3) is 0.214. The van der Waals surface area contributed by atoms with E-state index < -0.39 is 0 Å². The third-order valence-corrected chi connectivity index (χ3v) is 2.86. The maximum Gasteiger partial charge on any atom is 0.287 e. The molecule has 5 heteroatoms. The Hall–Kier alpha value is -2.14. The Morgan fingerprint density at radius 3 is 2.79 bits per heavy atom. The molecule has 0 saturated carbocycles. The fourth-order valence-electron chi connectivity index (χ4n) is 1.72. The third-order valence-electron chi connectivity index (χ3n) is 2.86. The van der Waals surface area contributed by atoms with Crippen molar-refractivity contribution in [1.82, 2.24) is 5.32 Å². The molecule has 1 amide bonds. The molecule has 1 aromatic heterocycles. The van der Waals surface area contributed by atoms with E-state index in [4.69, 9.17) is 10.2 Å². The molecule has 4 nitrogen and oxygen atoms in total. The highest BCUT2D eigenvalue weighted by Gasteiger charge is 2.13. The molecule has 0 saturated heterocycles. The number of nitrogens with one attached hydrogen (secondary N) is 1. The van der Waals surface area contributed by atoms with E-state index >= 15 is 0 Å². The van der Waals surface area contributed by atoms with E-state index in [1.54, 1.807) is 25.1 Å². The highest BCUT2D eigenvalue weighted by atomic mass is 19.1. The van der Waals surface area contributed by atoms with Gasteiger partial charge in [-0.2, -0.15) is 0 Å². The maximum absolute atomic E-state index is 13.7. The van der Waals surface area contributed by atoms with E-state index in [0.29, 0.717) is 5.56 Å². The van der Waals surface area contributed by atoms with E-state index in [0.717, 1.165) is 11.1 Å². The van der Waals surface area contributed by atoms with Gasteiger partial charge in [-0.25, -0.2) is 4.39 Å². The van der Waals surface area contributed by atoms with E-state index in [9.17, 15) is 9.18 Å². The lowest BCUT2D eigenvalue weighted by Gasteiger charge is -2.06. The van der Waals surface area contributed by atoms with E-state index in [1.807, 2.05) is 0 Å². The van der Waals surface area contributed by atoms with Crippen LogP contribution in [-0.2, 0) is 13.1 Å². The van der Waals surface area contributed by atoms with Crippen LogP contribution in [0.3, 0.4) is 0 Å². The second-order valence-corrected chi connectivity index (χ2v) is 4.25. The highest BCUT2D eigenvalue weighted by molar-refractivity contribution is 5.92. The van der Waals surface area contributed by atoms with Crippen molar-refractivity contribution in [2.75, 3.05) is 0 Å². The molecule has 0 radical (unpaired) electrons. The average Bonchev–Trinajstić information content (AvgIpc) is 2.83. The first-order chi connectivity index (χ1) is 9.11. The van der Waals surface area contributed by atoms with Crippen molar-refractivity contribution in [2.24, 2.45) is 5.73 Å². The van der Waals surface area contributed by atoms with Crippen LogP contribution in [0.15, 0.2) is 34.9 Å². The van der Waals surface area contributed by atoms with Gasteiger partial charge in [0.15, 0.2) is 5.76 Å². The van der Waals surface area contributed by atoms with Gasteiger partial charge in [0.25, 0.3) is 5.91 Å². The predicted molar refractivity (Wildman–Crippen MR) is 68.9 cm³/mol. The van der Waals surface area contributed by atoms with Gasteiger partial charge in [-0.3, -0.25) is 4.79 Å². The second-order valence-electron chi connectivity index (χ2n) is 4.25. The third kappa shape index (κ3) is 3.00. The Morgan fingerprint density at radius 1 is 1.42 bits per heavy atom. The van der Waals surface area contributed by atoms with Gasteiger partial charge in [-0.05, 0) is 24.6 Å². The van der Waals surface area contributed by atoms with Gasteiger partial charge in [0, 0.05) is 24.2 Å². The number of carbonyl (C=O) groups excluding carboxylic acids is 1. The lowest BCUT2D eigenvalue weighted by Crippen LogP contribution is -2.23. The summed E-state index contributed by atoms with van der Waals surface area (Å²) in [5, 5.41) is 2.62. The molecule has 19 heavy (non-hydrogen) atoms. The zero-order chi connectivity index (χ0) is 13.8. The number of amides is 1. The minimum atomic E-state index is -0.376. The molecular weight excluding hydrogens is 247 g/mol. The van der Waals surface area contributed by atoms with Gasteiger partial charge in [0.1, 0.15) is 5.82 Å². The largest absolute Gasteiger partial charge is 0.459 e. The summed E-state index contributed by atoms with van der Waals surface area (Å²) in [5.74, 6) is -0.483. The van der Waals surface area contributed by atoms with Gasteiger partial charge >= 0.3 is 0 Å². The van der Waals surface area contributed by atoms with Gasteiger partial charge in [-0.15, -0.1) is 0 Å². The Morgan fingerprint density at radius 2 is 2.21 bits per heavy atom. The predicted octanol–water partition coefficient (Wildman–Crippen LogP) is 2.12.